The zero-order valence-corrected chi connectivity index (χ0v) is 16.7. The summed E-state index contributed by atoms with van der Waals surface area (Å²) in [6, 6.07) is 5.29. The number of hydrogen-bond donors (Lipinski definition) is 3. The highest BCUT2D eigenvalue weighted by atomic mass is 35.5. The van der Waals surface area contributed by atoms with Crippen LogP contribution < -0.4 is 26.0 Å². The Bertz CT molecular complexity index is 988. The summed E-state index contributed by atoms with van der Waals surface area (Å²) in [5, 5.41) is 12.0. The summed E-state index contributed by atoms with van der Waals surface area (Å²) in [7, 11) is -1.32. The van der Waals surface area contributed by atoms with Gasteiger partial charge in [0.1, 0.15) is 18.0 Å². The molecule has 1 amide bonds. The average Bonchev–Trinajstić information content (AvgIpc) is 3.01. The summed E-state index contributed by atoms with van der Waals surface area (Å²) in [6.07, 6.45) is -4.85. The van der Waals surface area contributed by atoms with Crippen molar-refractivity contribution in [2.24, 2.45) is 5.73 Å². The third kappa shape index (κ3) is 5.59. The van der Waals surface area contributed by atoms with Crippen LogP contribution in [0.5, 0.6) is 11.5 Å². The molecule has 1 unspecified atom stereocenters. The Morgan fingerprint density at radius 1 is 1.35 bits per heavy atom. The molecule has 0 radical (unpaired) electrons. The molecule has 1 aliphatic rings. The summed E-state index contributed by atoms with van der Waals surface area (Å²) < 4.78 is 65.0. The lowest BCUT2D eigenvalue weighted by Gasteiger charge is -2.27. The van der Waals surface area contributed by atoms with Crippen molar-refractivity contribution in [3.63, 3.8) is 0 Å². The number of alkyl halides is 3. The SMILES string of the molecule is CC(N)(COc1c(F)cc2c(c1Cl)B(O)OC2)NC(=O)c1ccc(OC(F)(F)F)cc1. The molecule has 0 aliphatic carbocycles. The van der Waals surface area contributed by atoms with Crippen molar-refractivity contribution in [2.75, 3.05) is 6.61 Å². The van der Waals surface area contributed by atoms with E-state index < -0.39 is 43.2 Å². The minimum atomic E-state index is -4.85. The van der Waals surface area contributed by atoms with Gasteiger partial charge in [-0.05, 0) is 42.8 Å². The van der Waals surface area contributed by atoms with E-state index in [1.165, 1.54) is 6.92 Å². The summed E-state index contributed by atoms with van der Waals surface area (Å²) in [4.78, 5) is 12.3. The van der Waals surface area contributed by atoms with Crippen LogP contribution >= 0.6 is 11.6 Å². The number of benzene rings is 2. The number of nitrogens with two attached hydrogens (primary N) is 1. The van der Waals surface area contributed by atoms with Gasteiger partial charge in [0, 0.05) is 11.0 Å². The lowest BCUT2D eigenvalue weighted by atomic mass is 9.79. The fourth-order valence-corrected chi connectivity index (χ4v) is 3.19. The molecule has 0 fully saturated rings. The zero-order valence-electron chi connectivity index (χ0n) is 15.9. The fourth-order valence-electron chi connectivity index (χ4n) is 2.83. The number of amides is 1. The maximum Gasteiger partial charge on any atom is 0.573 e. The first-order chi connectivity index (χ1) is 14.4. The molecule has 0 aromatic heterocycles. The smallest absolute Gasteiger partial charge is 0.485 e. The molecule has 1 heterocycles. The fraction of sp³-hybridized carbons (Fsp3) is 0.278. The normalized spacial score (nSPS) is 15.3. The number of halogens is 5. The topological polar surface area (TPSA) is 103 Å². The largest absolute Gasteiger partial charge is 0.573 e. The monoisotopic (exact) mass is 462 g/mol. The van der Waals surface area contributed by atoms with Crippen LogP contribution in [0, 0.1) is 5.82 Å². The van der Waals surface area contributed by atoms with E-state index in [0.717, 1.165) is 30.3 Å². The van der Waals surface area contributed by atoms with Crippen molar-refractivity contribution >= 4 is 30.1 Å². The van der Waals surface area contributed by atoms with Gasteiger partial charge in [-0.3, -0.25) is 4.79 Å². The second-order valence-electron chi connectivity index (χ2n) is 6.97. The second-order valence-corrected chi connectivity index (χ2v) is 7.35. The van der Waals surface area contributed by atoms with E-state index >= 15 is 0 Å². The summed E-state index contributed by atoms with van der Waals surface area (Å²) >= 11 is 6.12. The van der Waals surface area contributed by atoms with Crippen LogP contribution in [-0.2, 0) is 11.3 Å². The Hall–Kier alpha value is -2.54. The number of carbonyl (C=O) groups is 1. The number of fused-ring (bicyclic) bond motifs is 1. The molecule has 0 bridgehead atoms. The maximum atomic E-state index is 14.3. The summed E-state index contributed by atoms with van der Waals surface area (Å²) in [5.41, 5.74) is 5.04. The third-order valence-electron chi connectivity index (χ3n) is 4.21. The van der Waals surface area contributed by atoms with E-state index in [1.807, 2.05) is 0 Å². The van der Waals surface area contributed by atoms with E-state index in [4.69, 9.17) is 26.7 Å². The van der Waals surface area contributed by atoms with Gasteiger partial charge in [-0.15, -0.1) is 13.2 Å². The van der Waals surface area contributed by atoms with Crippen molar-refractivity contribution < 1.29 is 41.5 Å². The van der Waals surface area contributed by atoms with Gasteiger partial charge < -0.3 is 30.2 Å². The Labute approximate surface area is 179 Å². The molecule has 1 atom stereocenters. The Kier molecular flexibility index (Phi) is 6.37. The predicted molar refractivity (Wildman–Crippen MR) is 102 cm³/mol. The second kappa shape index (κ2) is 8.54. The molecule has 0 saturated carbocycles. The van der Waals surface area contributed by atoms with Gasteiger partial charge in [0.05, 0.1) is 11.6 Å². The Balaban J connectivity index is 1.65. The number of rotatable bonds is 6. The van der Waals surface area contributed by atoms with E-state index in [0.29, 0.717) is 5.56 Å². The van der Waals surface area contributed by atoms with Crippen molar-refractivity contribution in [3.05, 3.63) is 52.3 Å². The molecule has 31 heavy (non-hydrogen) atoms. The van der Waals surface area contributed by atoms with Gasteiger partial charge in [0.25, 0.3) is 5.91 Å². The van der Waals surface area contributed by atoms with Gasteiger partial charge in [-0.2, -0.15) is 0 Å². The Morgan fingerprint density at radius 2 is 2.00 bits per heavy atom. The van der Waals surface area contributed by atoms with Crippen LogP contribution in [0.15, 0.2) is 30.3 Å². The van der Waals surface area contributed by atoms with Crippen molar-refractivity contribution in [1.29, 1.82) is 0 Å². The average molecular weight is 463 g/mol. The quantitative estimate of drug-likeness (QED) is 0.345. The molecule has 2 aromatic rings. The molecule has 0 spiro atoms. The highest BCUT2D eigenvalue weighted by molar-refractivity contribution is 6.65. The zero-order chi connectivity index (χ0) is 23.0. The minimum absolute atomic E-state index is 0.00761. The number of hydrogen-bond acceptors (Lipinski definition) is 6. The van der Waals surface area contributed by atoms with E-state index in [9.17, 15) is 27.4 Å². The van der Waals surface area contributed by atoms with Gasteiger partial charge in [0.2, 0.25) is 0 Å². The van der Waals surface area contributed by atoms with Crippen LogP contribution in [0.25, 0.3) is 0 Å². The van der Waals surface area contributed by atoms with E-state index in [-0.39, 0.29) is 28.4 Å². The van der Waals surface area contributed by atoms with Crippen molar-refractivity contribution in [3.8, 4) is 11.5 Å². The molecule has 0 saturated heterocycles. The number of ether oxygens (including phenoxy) is 2. The van der Waals surface area contributed by atoms with Gasteiger partial charge in [-0.25, -0.2) is 4.39 Å². The maximum absolute atomic E-state index is 14.3. The highest BCUT2D eigenvalue weighted by Gasteiger charge is 2.34. The number of nitrogens with one attached hydrogen (secondary N) is 1. The summed E-state index contributed by atoms with van der Waals surface area (Å²) in [5.74, 6) is -2.37. The lowest BCUT2D eigenvalue weighted by Crippen LogP contribution is -2.57. The minimum Gasteiger partial charge on any atom is -0.485 e. The molecule has 13 heteroatoms. The molecule has 2 aromatic carbocycles. The van der Waals surface area contributed by atoms with Crippen LogP contribution in [-0.4, -0.2) is 36.7 Å². The lowest BCUT2D eigenvalue weighted by molar-refractivity contribution is -0.274. The van der Waals surface area contributed by atoms with E-state index in [2.05, 4.69) is 10.1 Å². The summed E-state index contributed by atoms with van der Waals surface area (Å²) in [6.45, 7) is 0.953. The standard InChI is InChI=1S/C18H16BClF4N2O5/c1-17(25,26-16(27)9-2-4-11(5-3-9)31-18(22,23)24)8-29-15-12(21)6-10-7-30-19(28)13(10)14(15)20/h2-6,28H,7-8,25H2,1H3,(H,26,27). The molecule has 166 valence electrons. The van der Waals surface area contributed by atoms with Gasteiger partial charge in [0.15, 0.2) is 11.6 Å². The van der Waals surface area contributed by atoms with Crippen LogP contribution in [0.4, 0.5) is 17.6 Å². The van der Waals surface area contributed by atoms with Gasteiger partial charge in [-0.1, -0.05) is 11.6 Å². The first-order valence-electron chi connectivity index (χ1n) is 8.77. The molecule has 4 N–H and O–H groups in total. The molecular weight excluding hydrogens is 446 g/mol. The molecule has 7 nitrogen and oxygen atoms in total. The molecule has 3 rings (SSSR count). The molecular formula is C18H16BClF4N2O5. The Morgan fingerprint density at radius 3 is 2.61 bits per heavy atom. The first kappa shape index (κ1) is 23.1. The third-order valence-corrected chi connectivity index (χ3v) is 4.58. The highest BCUT2D eigenvalue weighted by Crippen LogP contribution is 2.31. The van der Waals surface area contributed by atoms with Crippen LogP contribution in [0.2, 0.25) is 5.02 Å². The molecule has 1 aliphatic heterocycles. The van der Waals surface area contributed by atoms with Crippen molar-refractivity contribution in [1.82, 2.24) is 5.32 Å². The number of carbonyl (C=O) groups excluding carboxylic acids is 1. The first-order valence-corrected chi connectivity index (χ1v) is 9.14. The van der Waals surface area contributed by atoms with Crippen LogP contribution in [0.3, 0.4) is 0 Å². The van der Waals surface area contributed by atoms with Crippen LogP contribution in [0.1, 0.15) is 22.8 Å². The van der Waals surface area contributed by atoms with Crippen molar-refractivity contribution in [2.45, 2.75) is 25.6 Å². The predicted octanol–water partition coefficient (Wildman–Crippen LogP) is 2.08. The van der Waals surface area contributed by atoms with E-state index in [1.54, 1.807) is 0 Å². The van der Waals surface area contributed by atoms with Gasteiger partial charge >= 0.3 is 13.5 Å².